The lowest BCUT2D eigenvalue weighted by atomic mass is 10.0. The SMILES string of the molecule is C=C(C)CC(C)C(=O)N[C@@H](CCSC)c1nn[nH]n1. The van der Waals surface area contributed by atoms with Gasteiger partial charge in [0.25, 0.3) is 0 Å². The predicted octanol–water partition coefficient (Wildman–Crippen LogP) is 1.71. The highest BCUT2D eigenvalue weighted by atomic mass is 32.2. The minimum absolute atomic E-state index is 0.00102. The third kappa shape index (κ3) is 5.42. The van der Waals surface area contributed by atoms with Crippen LogP contribution >= 0.6 is 11.8 Å². The number of carbonyl (C=O) groups excluding carboxylic acids is 1. The van der Waals surface area contributed by atoms with Gasteiger partial charge in [0.15, 0.2) is 5.82 Å². The van der Waals surface area contributed by atoms with E-state index in [9.17, 15) is 4.79 Å². The Morgan fingerprint density at radius 1 is 1.58 bits per heavy atom. The van der Waals surface area contributed by atoms with E-state index in [2.05, 4.69) is 32.5 Å². The molecule has 1 amide bonds. The van der Waals surface area contributed by atoms with Crippen LogP contribution in [0.4, 0.5) is 0 Å². The highest BCUT2D eigenvalue weighted by Crippen LogP contribution is 2.16. The first-order valence-corrected chi connectivity index (χ1v) is 7.61. The van der Waals surface area contributed by atoms with Gasteiger partial charge in [-0.2, -0.15) is 17.0 Å². The van der Waals surface area contributed by atoms with Gasteiger partial charge in [-0.1, -0.05) is 17.7 Å². The largest absolute Gasteiger partial charge is 0.346 e. The molecule has 2 N–H and O–H groups in total. The summed E-state index contributed by atoms with van der Waals surface area (Å²) in [6.07, 6.45) is 3.50. The molecule has 1 aromatic heterocycles. The fourth-order valence-electron chi connectivity index (χ4n) is 1.75. The second-order valence-electron chi connectivity index (χ2n) is 4.67. The molecule has 1 aromatic rings. The molecule has 0 fully saturated rings. The summed E-state index contributed by atoms with van der Waals surface area (Å²) < 4.78 is 0. The third-order valence-corrected chi connectivity index (χ3v) is 3.35. The molecule has 1 unspecified atom stereocenters. The molecule has 0 bridgehead atoms. The number of aromatic amines is 1. The number of allylic oxidation sites excluding steroid dienone is 1. The van der Waals surface area contributed by atoms with Crippen molar-refractivity contribution >= 4 is 17.7 Å². The van der Waals surface area contributed by atoms with Crippen LogP contribution in [0.15, 0.2) is 12.2 Å². The van der Waals surface area contributed by atoms with Gasteiger partial charge in [0.2, 0.25) is 5.91 Å². The standard InChI is InChI=1S/C12H21N5OS/c1-8(2)7-9(3)12(18)13-10(5-6-19-4)11-14-16-17-15-11/h9-10H,1,5-7H2,2-4H3,(H,13,18)(H,14,15,16,17)/t9?,10-/m0/s1. The van der Waals surface area contributed by atoms with E-state index in [1.165, 1.54) is 0 Å². The monoisotopic (exact) mass is 283 g/mol. The molecule has 0 saturated carbocycles. The van der Waals surface area contributed by atoms with Gasteiger partial charge >= 0.3 is 0 Å². The average molecular weight is 283 g/mol. The number of thioether (sulfide) groups is 1. The number of carbonyl (C=O) groups is 1. The van der Waals surface area contributed by atoms with E-state index in [1.807, 2.05) is 20.1 Å². The Kier molecular flexibility index (Phi) is 6.55. The van der Waals surface area contributed by atoms with E-state index in [0.29, 0.717) is 12.2 Å². The number of nitrogens with zero attached hydrogens (tertiary/aromatic N) is 3. The highest BCUT2D eigenvalue weighted by molar-refractivity contribution is 7.98. The molecule has 2 atom stereocenters. The Morgan fingerprint density at radius 2 is 2.32 bits per heavy atom. The molecule has 0 radical (unpaired) electrons. The lowest BCUT2D eigenvalue weighted by Crippen LogP contribution is -2.34. The summed E-state index contributed by atoms with van der Waals surface area (Å²) in [5, 5.41) is 16.9. The van der Waals surface area contributed by atoms with Crippen LogP contribution in [0.25, 0.3) is 0 Å². The fraction of sp³-hybridized carbons (Fsp3) is 0.667. The van der Waals surface area contributed by atoms with Crippen molar-refractivity contribution in [3.05, 3.63) is 18.0 Å². The Bertz CT molecular complexity index is 406. The number of H-pyrrole nitrogens is 1. The molecule has 1 rings (SSSR count). The number of hydrogen-bond acceptors (Lipinski definition) is 5. The maximum atomic E-state index is 12.1. The lowest BCUT2D eigenvalue weighted by molar-refractivity contribution is -0.125. The zero-order valence-electron chi connectivity index (χ0n) is 11.6. The summed E-state index contributed by atoms with van der Waals surface area (Å²) in [4.78, 5) is 12.1. The number of hydrogen-bond donors (Lipinski definition) is 2. The van der Waals surface area contributed by atoms with E-state index >= 15 is 0 Å². The Hall–Kier alpha value is -1.37. The normalized spacial score (nSPS) is 13.8. The van der Waals surface area contributed by atoms with Crippen LogP contribution in [0.3, 0.4) is 0 Å². The summed E-state index contributed by atoms with van der Waals surface area (Å²) in [6.45, 7) is 7.65. The molecular formula is C12H21N5OS. The summed E-state index contributed by atoms with van der Waals surface area (Å²) in [5.41, 5.74) is 1.00. The van der Waals surface area contributed by atoms with Crippen molar-refractivity contribution in [3.63, 3.8) is 0 Å². The quantitative estimate of drug-likeness (QED) is 0.710. The van der Waals surface area contributed by atoms with Gasteiger partial charge in [-0.3, -0.25) is 4.79 Å². The first kappa shape index (κ1) is 15.7. The minimum Gasteiger partial charge on any atom is -0.346 e. The Morgan fingerprint density at radius 3 is 2.84 bits per heavy atom. The molecule has 0 aliphatic carbocycles. The zero-order valence-corrected chi connectivity index (χ0v) is 12.5. The number of nitrogens with one attached hydrogen (secondary N) is 2. The molecule has 7 heteroatoms. The van der Waals surface area contributed by atoms with Crippen molar-refractivity contribution in [1.82, 2.24) is 25.9 Å². The van der Waals surface area contributed by atoms with Crippen molar-refractivity contribution in [1.29, 1.82) is 0 Å². The Balaban J connectivity index is 2.61. The topological polar surface area (TPSA) is 83.6 Å². The van der Waals surface area contributed by atoms with Gasteiger partial charge in [-0.15, -0.1) is 16.8 Å². The Labute approximate surface area is 117 Å². The maximum absolute atomic E-state index is 12.1. The van der Waals surface area contributed by atoms with Crippen LogP contribution in [0, 0.1) is 5.92 Å². The molecular weight excluding hydrogens is 262 g/mol. The van der Waals surface area contributed by atoms with Crippen molar-refractivity contribution in [2.45, 2.75) is 32.7 Å². The summed E-state index contributed by atoms with van der Waals surface area (Å²) >= 11 is 1.72. The van der Waals surface area contributed by atoms with Crippen LogP contribution in [-0.2, 0) is 4.79 Å². The first-order chi connectivity index (χ1) is 9.04. The molecule has 0 aromatic carbocycles. The second-order valence-corrected chi connectivity index (χ2v) is 5.66. The molecule has 106 valence electrons. The second kappa shape index (κ2) is 7.93. The van der Waals surface area contributed by atoms with Crippen LogP contribution in [0.5, 0.6) is 0 Å². The average Bonchev–Trinajstić information content (AvgIpc) is 2.86. The van der Waals surface area contributed by atoms with Crippen molar-refractivity contribution < 1.29 is 4.79 Å². The molecule has 1 heterocycles. The number of tetrazole rings is 1. The van der Waals surface area contributed by atoms with Crippen molar-refractivity contribution in [2.24, 2.45) is 5.92 Å². The van der Waals surface area contributed by atoms with E-state index in [1.54, 1.807) is 11.8 Å². The lowest BCUT2D eigenvalue weighted by Gasteiger charge is -2.18. The van der Waals surface area contributed by atoms with E-state index in [-0.39, 0.29) is 17.9 Å². The van der Waals surface area contributed by atoms with Crippen LogP contribution < -0.4 is 5.32 Å². The van der Waals surface area contributed by atoms with E-state index < -0.39 is 0 Å². The minimum atomic E-state index is -0.189. The maximum Gasteiger partial charge on any atom is 0.223 e. The first-order valence-electron chi connectivity index (χ1n) is 6.21. The van der Waals surface area contributed by atoms with Crippen LogP contribution in [-0.4, -0.2) is 38.5 Å². The fourth-order valence-corrected chi connectivity index (χ4v) is 2.22. The molecule has 6 nitrogen and oxygen atoms in total. The van der Waals surface area contributed by atoms with Gasteiger partial charge in [-0.05, 0) is 31.8 Å². The van der Waals surface area contributed by atoms with Gasteiger partial charge in [0.05, 0.1) is 6.04 Å². The van der Waals surface area contributed by atoms with Crippen molar-refractivity contribution in [3.8, 4) is 0 Å². The van der Waals surface area contributed by atoms with Crippen molar-refractivity contribution in [2.75, 3.05) is 12.0 Å². The van der Waals surface area contributed by atoms with Crippen LogP contribution in [0.1, 0.15) is 38.6 Å². The molecule has 0 aliphatic heterocycles. The third-order valence-electron chi connectivity index (χ3n) is 2.70. The molecule has 0 aliphatic rings. The van der Waals surface area contributed by atoms with Gasteiger partial charge in [0, 0.05) is 5.92 Å². The van der Waals surface area contributed by atoms with Crippen LogP contribution in [0.2, 0.25) is 0 Å². The number of rotatable bonds is 8. The number of aromatic nitrogens is 4. The van der Waals surface area contributed by atoms with Gasteiger partial charge in [-0.25, -0.2) is 0 Å². The molecule has 0 spiro atoms. The highest BCUT2D eigenvalue weighted by Gasteiger charge is 2.21. The van der Waals surface area contributed by atoms with Gasteiger partial charge < -0.3 is 5.32 Å². The number of amides is 1. The zero-order chi connectivity index (χ0) is 14.3. The predicted molar refractivity (Wildman–Crippen MR) is 76.7 cm³/mol. The smallest absolute Gasteiger partial charge is 0.223 e. The summed E-state index contributed by atoms with van der Waals surface area (Å²) in [7, 11) is 0. The molecule has 19 heavy (non-hydrogen) atoms. The van der Waals surface area contributed by atoms with E-state index in [4.69, 9.17) is 0 Å². The molecule has 0 saturated heterocycles. The summed E-state index contributed by atoms with van der Waals surface area (Å²) in [6, 6.07) is -0.189. The summed E-state index contributed by atoms with van der Waals surface area (Å²) in [5.74, 6) is 1.36. The van der Waals surface area contributed by atoms with E-state index in [0.717, 1.165) is 17.7 Å². The van der Waals surface area contributed by atoms with Gasteiger partial charge in [0.1, 0.15) is 0 Å².